The fourth-order valence-electron chi connectivity index (χ4n) is 2.05. The minimum atomic E-state index is -0.506. The van der Waals surface area contributed by atoms with Gasteiger partial charge in [-0.3, -0.25) is 9.59 Å². The number of carbonyl (C=O) groups is 2. The number of anilines is 1. The smallest absolute Gasteiger partial charge is 0.251 e. The molecule has 2 heterocycles. The van der Waals surface area contributed by atoms with E-state index >= 15 is 0 Å². The number of hydrogen-bond acceptors (Lipinski definition) is 4. The van der Waals surface area contributed by atoms with E-state index in [4.69, 9.17) is 5.73 Å². The SMILES string of the molecule is CCc1c(C)sc(NC(=O)C=Cc2cccs2)c1C(N)=O. The highest BCUT2D eigenvalue weighted by Crippen LogP contribution is 2.33. The van der Waals surface area contributed by atoms with Gasteiger partial charge >= 0.3 is 0 Å². The van der Waals surface area contributed by atoms with Crippen molar-refractivity contribution in [2.75, 3.05) is 5.32 Å². The van der Waals surface area contributed by atoms with E-state index in [9.17, 15) is 9.59 Å². The first-order valence-electron chi connectivity index (χ1n) is 6.47. The minimum absolute atomic E-state index is 0.269. The first kappa shape index (κ1) is 15.5. The average molecular weight is 320 g/mol. The lowest BCUT2D eigenvalue weighted by Gasteiger charge is -2.03. The minimum Gasteiger partial charge on any atom is -0.365 e. The number of thiophene rings is 2. The zero-order chi connectivity index (χ0) is 15.4. The fourth-order valence-corrected chi connectivity index (χ4v) is 3.82. The molecule has 4 nitrogen and oxygen atoms in total. The maximum atomic E-state index is 12.0. The number of rotatable bonds is 5. The van der Waals surface area contributed by atoms with E-state index in [-0.39, 0.29) is 5.91 Å². The Morgan fingerprint density at radius 1 is 1.43 bits per heavy atom. The summed E-state index contributed by atoms with van der Waals surface area (Å²) >= 11 is 2.93. The topological polar surface area (TPSA) is 72.2 Å². The Morgan fingerprint density at radius 2 is 2.19 bits per heavy atom. The molecule has 6 heteroatoms. The van der Waals surface area contributed by atoms with Crippen molar-refractivity contribution in [3.63, 3.8) is 0 Å². The van der Waals surface area contributed by atoms with E-state index in [1.165, 1.54) is 17.4 Å². The van der Waals surface area contributed by atoms with Crippen LogP contribution in [0.2, 0.25) is 0 Å². The van der Waals surface area contributed by atoms with E-state index in [1.807, 2.05) is 31.4 Å². The van der Waals surface area contributed by atoms with Crippen LogP contribution in [0.4, 0.5) is 5.00 Å². The van der Waals surface area contributed by atoms with Gasteiger partial charge in [-0.25, -0.2) is 0 Å². The first-order valence-corrected chi connectivity index (χ1v) is 8.17. The van der Waals surface area contributed by atoms with Gasteiger partial charge in [0.1, 0.15) is 5.00 Å². The largest absolute Gasteiger partial charge is 0.365 e. The van der Waals surface area contributed by atoms with E-state index < -0.39 is 5.91 Å². The maximum absolute atomic E-state index is 12.0. The predicted molar refractivity (Wildman–Crippen MR) is 88.9 cm³/mol. The van der Waals surface area contributed by atoms with Crippen LogP contribution < -0.4 is 11.1 Å². The number of carbonyl (C=O) groups excluding carboxylic acids is 2. The Balaban J connectivity index is 2.19. The van der Waals surface area contributed by atoms with Crippen LogP contribution in [0.3, 0.4) is 0 Å². The highest BCUT2D eigenvalue weighted by atomic mass is 32.1. The average Bonchev–Trinajstić information content (AvgIpc) is 3.03. The molecule has 21 heavy (non-hydrogen) atoms. The zero-order valence-corrected chi connectivity index (χ0v) is 13.4. The van der Waals surface area contributed by atoms with Crippen molar-refractivity contribution in [3.05, 3.63) is 44.5 Å². The second-order valence-electron chi connectivity index (χ2n) is 4.40. The second-order valence-corrected chi connectivity index (χ2v) is 6.60. The van der Waals surface area contributed by atoms with Crippen LogP contribution in [0.5, 0.6) is 0 Å². The summed E-state index contributed by atoms with van der Waals surface area (Å²) in [5.74, 6) is -0.775. The van der Waals surface area contributed by atoms with Crippen LogP contribution in [0.1, 0.15) is 32.6 Å². The molecule has 0 spiro atoms. The predicted octanol–water partition coefficient (Wildman–Crippen LogP) is 3.43. The normalized spacial score (nSPS) is 11.0. The molecule has 0 unspecified atom stereocenters. The highest BCUT2D eigenvalue weighted by molar-refractivity contribution is 7.16. The quantitative estimate of drug-likeness (QED) is 0.828. The summed E-state index contributed by atoms with van der Waals surface area (Å²) in [6.45, 7) is 3.89. The van der Waals surface area contributed by atoms with Crippen LogP contribution in [-0.2, 0) is 11.2 Å². The van der Waals surface area contributed by atoms with Crippen molar-refractivity contribution >= 4 is 45.6 Å². The molecule has 110 valence electrons. The molecule has 0 aliphatic rings. The molecule has 0 bridgehead atoms. The Morgan fingerprint density at radius 3 is 2.76 bits per heavy atom. The molecule has 2 aromatic heterocycles. The Bertz CT molecular complexity index is 685. The molecule has 0 aromatic carbocycles. The number of nitrogens with two attached hydrogens (primary N) is 1. The molecule has 0 saturated heterocycles. The summed E-state index contributed by atoms with van der Waals surface area (Å²) in [5.41, 5.74) is 6.77. The molecule has 3 N–H and O–H groups in total. The van der Waals surface area contributed by atoms with Gasteiger partial charge in [0, 0.05) is 15.8 Å². The monoisotopic (exact) mass is 320 g/mol. The van der Waals surface area contributed by atoms with E-state index in [2.05, 4.69) is 5.32 Å². The van der Waals surface area contributed by atoms with Crippen molar-refractivity contribution in [3.8, 4) is 0 Å². The molecule has 0 radical (unpaired) electrons. The van der Waals surface area contributed by atoms with Gasteiger partial charge in [0.05, 0.1) is 5.56 Å². The Hall–Kier alpha value is -1.92. The van der Waals surface area contributed by atoms with Crippen molar-refractivity contribution in [1.29, 1.82) is 0 Å². The maximum Gasteiger partial charge on any atom is 0.251 e. The van der Waals surface area contributed by atoms with Gasteiger partial charge in [0.15, 0.2) is 0 Å². The molecule has 0 fully saturated rings. The summed E-state index contributed by atoms with van der Waals surface area (Å²) in [6, 6.07) is 3.84. The van der Waals surface area contributed by atoms with Crippen LogP contribution in [0, 0.1) is 6.92 Å². The number of hydrogen-bond donors (Lipinski definition) is 2. The van der Waals surface area contributed by atoms with Crippen LogP contribution in [0.15, 0.2) is 23.6 Å². The lowest BCUT2D eigenvalue weighted by Crippen LogP contribution is -2.16. The molecule has 0 atom stereocenters. The molecule has 0 aliphatic carbocycles. The molecule has 2 rings (SSSR count). The van der Waals surface area contributed by atoms with Crippen molar-refractivity contribution < 1.29 is 9.59 Å². The molecule has 0 aliphatic heterocycles. The number of aryl methyl sites for hydroxylation is 1. The second kappa shape index (κ2) is 6.69. The van der Waals surface area contributed by atoms with Crippen LogP contribution >= 0.6 is 22.7 Å². The first-order chi connectivity index (χ1) is 10.0. The molecule has 2 amide bonds. The van der Waals surface area contributed by atoms with Crippen molar-refractivity contribution in [1.82, 2.24) is 0 Å². The van der Waals surface area contributed by atoms with E-state index in [1.54, 1.807) is 17.4 Å². The summed E-state index contributed by atoms with van der Waals surface area (Å²) in [7, 11) is 0. The van der Waals surface area contributed by atoms with Gasteiger partial charge in [-0.15, -0.1) is 22.7 Å². The Kier molecular flexibility index (Phi) is 4.93. The zero-order valence-electron chi connectivity index (χ0n) is 11.8. The van der Waals surface area contributed by atoms with Crippen molar-refractivity contribution in [2.24, 2.45) is 5.73 Å². The van der Waals surface area contributed by atoms with Gasteiger partial charge in [0.25, 0.3) is 5.91 Å². The number of primary amides is 1. The third-order valence-corrected chi connectivity index (χ3v) is 4.89. The van der Waals surface area contributed by atoms with Crippen LogP contribution in [-0.4, -0.2) is 11.8 Å². The van der Waals surface area contributed by atoms with E-state index in [0.29, 0.717) is 17.0 Å². The van der Waals surface area contributed by atoms with Gasteiger partial charge in [-0.1, -0.05) is 13.0 Å². The third kappa shape index (κ3) is 3.59. The molecule has 2 aromatic rings. The number of amides is 2. The molecular formula is C15H16N2O2S2. The molecular weight excluding hydrogens is 304 g/mol. The lowest BCUT2D eigenvalue weighted by molar-refractivity contribution is -0.111. The van der Waals surface area contributed by atoms with Gasteiger partial charge in [-0.05, 0) is 36.4 Å². The lowest BCUT2D eigenvalue weighted by atomic mass is 10.1. The summed E-state index contributed by atoms with van der Waals surface area (Å²) in [6.07, 6.45) is 3.91. The summed E-state index contributed by atoms with van der Waals surface area (Å²) < 4.78 is 0. The van der Waals surface area contributed by atoms with E-state index in [0.717, 1.165) is 15.3 Å². The summed E-state index contributed by atoms with van der Waals surface area (Å²) in [4.78, 5) is 25.6. The summed E-state index contributed by atoms with van der Waals surface area (Å²) in [5, 5.41) is 5.22. The van der Waals surface area contributed by atoms with Crippen LogP contribution in [0.25, 0.3) is 6.08 Å². The van der Waals surface area contributed by atoms with Gasteiger partial charge in [0.2, 0.25) is 5.91 Å². The van der Waals surface area contributed by atoms with Crippen molar-refractivity contribution in [2.45, 2.75) is 20.3 Å². The van der Waals surface area contributed by atoms with Gasteiger partial charge in [-0.2, -0.15) is 0 Å². The fraction of sp³-hybridized carbons (Fsp3) is 0.200. The number of nitrogens with one attached hydrogen (secondary N) is 1. The molecule has 0 saturated carbocycles. The van der Waals surface area contributed by atoms with Gasteiger partial charge < -0.3 is 11.1 Å². The standard InChI is InChI=1S/C15H16N2O2S2/c1-3-11-9(2)21-15(13(11)14(16)19)17-12(18)7-6-10-5-4-8-20-10/h4-8H,3H2,1-2H3,(H2,16,19)(H,17,18). The third-order valence-electron chi connectivity index (χ3n) is 2.99. The Labute approximate surface area is 131 Å². The highest BCUT2D eigenvalue weighted by Gasteiger charge is 2.19.